The topological polar surface area (TPSA) is 140 Å². The molecule has 460 valence electrons. The van der Waals surface area contributed by atoms with Crippen LogP contribution in [0, 0.1) is 4.91 Å². The standard InChI is InChI=1S/C84H68N4O6/c89-53-59-3-15-65(16-4-59)71-27-39-77(40-28-71)86(76-37-25-70(26-38-76)64-13-1-58(2-14-64)52-85-94)82-49-83(87(78-41-29-72(30-42-78)66-17-5-60(54-90)6-18-66)79-43-31-73(32-44-79)67-19-7-61(55-91)8-20-67)51-84(50-82)88(80-45-33-74(34-46-80)68-21-9-62(56-92)10-22-68)81-47-35-75(36-48-81)69-23-11-63(57-93)12-24-69/h1-51,89-93H,52-57H2. The molecule has 0 aliphatic carbocycles. The number of rotatable bonds is 22. The molecule has 0 atom stereocenters. The van der Waals surface area contributed by atoms with Gasteiger partial charge >= 0.3 is 0 Å². The molecule has 0 aliphatic heterocycles. The van der Waals surface area contributed by atoms with Crippen LogP contribution in [0.1, 0.15) is 33.4 Å². The number of hydrogen-bond donors (Lipinski definition) is 5. The first-order valence-electron chi connectivity index (χ1n) is 31.3. The fraction of sp³-hybridized carbons (Fsp3) is 0.0714. The van der Waals surface area contributed by atoms with E-state index in [1.54, 1.807) is 0 Å². The molecule has 0 aromatic heterocycles. The van der Waals surface area contributed by atoms with Gasteiger partial charge in [-0.25, -0.2) is 0 Å². The maximum atomic E-state index is 11.2. The second kappa shape index (κ2) is 28.4. The Morgan fingerprint density at radius 1 is 0.191 bits per heavy atom. The molecule has 0 fully saturated rings. The van der Waals surface area contributed by atoms with Crippen LogP contribution in [-0.4, -0.2) is 25.5 Å². The quantitative estimate of drug-likeness (QED) is 0.0420. The Hall–Kier alpha value is -11.3. The average Bonchev–Trinajstić information content (AvgIpc) is 0.777. The fourth-order valence-electron chi connectivity index (χ4n) is 12.0. The highest BCUT2D eigenvalue weighted by Crippen LogP contribution is 2.48. The third-order valence-electron chi connectivity index (χ3n) is 17.3. The number of nitroso groups, excluding NO2 is 1. The lowest BCUT2D eigenvalue weighted by Crippen LogP contribution is -2.16. The van der Waals surface area contributed by atoms with E-state index in [1.807, 2.05) is 146 Å². The monoisotopic (exact) mass is 1230 g/mol. The van der Waals surface area contributed by atoms with Crippen LogP contribution < -0.4 is 14.7 Å². The van der Waals surface area contributed by atoms with E-state index in [0.717, 1.165) is 151 Å². The zero-order valence-electron chi connectivity index (χ0n) is 51.6. The molecule has 0 saturated heterocycles. The summed E-state index contributed by atoms with van der Waals surface area (Å²) < 4.78 is 0. The maximum Gasteiger partial charge on any atom is 0.106 e. The Morgan fingerprint density at radius 2 is 0.330 bits per heavy atom. The van der Waals surface area contributed by atoms with Crippen LogP contribution in [-0.2, 0) is 39.6 Å². The minimum Gasteiger partial charge on any atom is -0.392 e. The number of nitrogens with zero attached hydrogens (tertiary/aromatic N) is 4. The highest BCUT2D eigenvalue weighted by atomic mass is 16.3. The molecule has 0 amide bonds. The van der Waals surface area contributed by atoms with Crippen molar-refractivity contribution in [2.75, 3.05) is 14.7 Å². The number of aliphatic hydroxyl groups excluding tert-OH is 5. The van der Waals surface area contributed by atoms with E-state index in [-0.39, 0.29) is 39.6 Å². The third kappa shape index (κ3) is 13.6. The van der Waals surface area contributed by atoms with Crippen molar-refractivity contribution in [1.29, 1.82) is 0 Å². The zero-order chi connectivity index (χ0) is 64.3. The molecule has 0 unspecified atom stereocenters. The molecule has 0 radical (unpaired) electrons. The van der Waals surface area contributed by atoms with E-state index in [0.29, 0.717) is 0 Å². The summed E-state index contributed by atoms with van der Waals surface area (Å²) in [6.07, 6.45) is 0. The molecule has 94 heavy (non-hydrogen) atoms. The van der Waals surface area contributed by atoms with Crippen LogP contribution >= 0.6 is 0 Å². The van der Waals surface area contributed by atoms with Gasteiger partial charge in [0.15, 0.2) is 0 Å². The summed E-state index contributed by atoms with van der Waals surface area (Å²) >= 11 is 0. The van der Waals surface area contributed by atoms with Gasteiger partial charge in [-0.3, -0.25) is 0 Å². The normalized spacial score (nSPS) is 11.1. The van der Waals surface area contributed by atoms with Gasteiger partial charge in [-0.05, 0) is 191 Å². The van der Waals surface area contributed by atoms with Gasteiger partial charge in [0.25, 0.3) is 0 Å². The van der Waals surface area contributed by atoms with Gasteiger partial charge in [-0.15, -0.1) is 0 Å². The molecule has 13 rings (SSSR count). The molecule has 0 aliphatic rings. The van der Waals surface area contributed by atoms with Crippen molar-refractivity contribution in [2.45, 2.75) is 39.6 Å². The first-order valence-corrected chi connectivity index (χ1v) is 31.3. The molecule has 0 saturated carbocycles. The number of anilines is 9. The van der Waals surface area contributed by atoms with E-state index in [2.05, 4.69) is 184 Å². The van der Waals surface area contributed by atoms with Crippen molar-refractivity contribution in [1.82, 2.24) is 0 Å². The van der Waals surface area contributed by atoms with Gasteiger partial charge in [0.05, 0.1) is 50.1 Å². The summed E-state index contributed by atoms with van der Waals surface area (Å²) in [5.74, 6) is 0. The van der Waals surface area contributed by atoms with Crippen molar-refractivity contribution < 1.29 is 25.5 Å². The summed E-state index contributed by atoms with van der Waals surface area (Å²) in [7, 11) is 0. The molecular weight excluding hydrogens is 1160 g/mol. The molecule has 0 heterocycles. The molecule has 0 spiro atoms. The molecular formula is C84H68N4O6. The lowest BCUT2D eigenvalue weighted by atomic mass is 10.0. The van der Waals surface area contributed by atoms with E-state index < -0.39 is 0 Å². The van der Waals surface area contributed by atoms with Crippen LogP contribution in [0.4, 0.5) is 51.2 Å². The van der Waals surface area contributed by atoms with Gasteiger partial charge in [-0.1, -0.05) is 224 Å². The SMILES string of the molecule is O=NCc1ccc(-c2ccc(N(c3ccc(-c4ccc(CO)cc4)cc3)c3cc(N(c4ccc(-c5ccc(CO)cc5)cc4)c4ccc(-c5ccc(CO)cc5)cc4)cc(N(c4ccc(-c5ccc(CO)cc5)cc4)c4ccc(-c5ccc(CO)cc5)cc4)c3)cc2)cc1. The average molecular weight is 1230 g/mol. The predicted molar refractivity (Wildman–Crippen MR) is 382 cm³/mol. The third-order valence-corrected chi connectivity index (χ3v) is 17.3. The second-order valence-corrected chi connectivity index (χ2v) is 23.3. The summed E-state index contributed by atoms with van der Waals surface area (Å²) in [5.41, 5.74) is 25.2. The molecule has 13 aromatic carbocycles. The Balaban J connectivity index is 1.04. The summed E-state index contributed by atoms with van der Waals surface area (Å²) in [5, 5.41) is 52.7. The van der Waals surface area contributed by atoms with Crippen molar-refractivity contribution in [2.24, 2.45) is 5.18 Å². The first-order chi connectivity index (χ1) is 46.2. The Kier molecular flexibility index (Phi) is 18.6. The van der Waals surface area contributed by atoms with Gasteiger partial charge in [0.2, 0.25) is 0 Å². The smallest absolute Gasteiger partial charge is 0.106 e. The van der Waals surface area contributed by atoms with Crippen molar-refractivity contribution >= 4 is 51.2 Å². The van der Waals surface area contributed by atoms with Crippen molar-refractivity contribution in [3.63, 3.8) is 0 Å². The lowest BCUT2D eigenvalue weighted by molar-refractivity contribution is 0.281. The minimum absolute atomic E-state index is 0.0392. The molecule has 10 heteroatoms. The molecule has 5 N–H and O–H groups in total. The Morgan fingerprint density at radius 3 is 0.468 bits per heavy atom. The number of benzene rings is 13. The summed E-state index contributed by atoms with van der Waals surface area (Å²) in [6, 6.07) is 106. The van der Waals surface area contributed by atoms with Crippen LogP contribution in [0.2, 0.25) is 0 Å². The van der Waals surface area contributed by atoms with E-state index in [4.69, 9.17) is 0 Å². The van der Waals surface area contributed by atoms with Gasteiger partial charge < -0.3 is 40.2 Å². The van der Waals surface area contributed by atoms with Crippen LogP contribution in [0.3, 0.4) is 0 Å². The maximum absolute atomic E-state index is 11.2. The zero-order valence-corrected chi connectivity index (χ0v) is 51.6. The molecule has 13 aromatic rings. The van der Waals surface area contributed by atoms with E-state index in [1.165, 1.54) is 0 Å². The van der Waals surface area contributed by atoms with Crippen LogP contribution in [0.25, 0.3) is 66.8 Å². The first kappa shape index (κ1) is 61.5. The number of aliphatic hydroxyl groups is 5. The highest BCUT2D eigenvalue weighted by Gasteiger charge is 2.24. The number of hydrogen-bond acceptors (Lipinski definition) is 10. The minimum atomic E-state index is -0.0406. The fourth-order valence-corrected chi connectivity index (χ4v) is 12.0. The Bertz CT molecular complexity index is 4260. The van der Waals surface area contributed by atoms with Crippen LogP contribution in [0.5, 0.6) is 0 Å². The van der Waals surface area contributed by atoms with E-state index >= 15 is 0 Å². The highest BCUT2D eigenvalue weighted by molar-refractivity contribution is 5.91. The van der Waals surface area contributed by atoms with Gasteiger partial charge in [0.1, 0.15) is 6.54 Å². The van der Waals surface area contributed by atoms with Gasteiger partial charge in [0, 0.05) is 34.1 Å². The second-order valence-electron chi connectivity index (χ2n) is 23.3. The van der Waals surface area contributed by atoms with E-state index in [9.17, 15) is 30.4 Å². The van der Waals surface area contributed by atoms with Crippen molar-refractivity contribution in [3.05, 3.63) is 348 Å². The Labute approximate surface area is 547 Å². The summed E-state index contributed by atoms with van der Waals surface area (Å²) in [6.45, 7) is -0.0941. The molecule has 10 nitrogen and oxygen atoms in total. The van der Waals surface area contributed by atoms with Crippen molar-refractivity contribution in [3.8, 4) is 66.8 Å². The summed E-state index contributed by atoms with van der Waals surface area (Å²) in [4.78, 5) is 18.1. The lowest BCUT2D eigenvalue weighted by Gasteiger charge is -2.33. The largest absolute Gasteiger partial charge is 0.392 e. The predicted octanol–water partition coefficient (Wildman–Crippen LogP) is 19.8. The van der Waals surface area contributed by atoms with Crippen LogP contribution in [0.15, 0.2) is 315 Å². The molecule has 0 bridgehead atoms. The van der Waals surface area contributed by atoms with Gasteiger partial charge in [-0.2, -0.15) is 4.91 Å².